The Morgan fingerprint density at radius 3 is 2.64 bits per heavy atom. The lowest BCUT2D eigenvalue weighted by Gasteiger charge is -2.02. The van der Waals surface area contributed by atoms with Gasteiger partial charge in [0.2, 0.25) is 0 Å². The van der Waals surface area contributed by atoms with Crippen LogP contribution in [0.4, 0.5) is 0 Å². The molecular formula is C17H12ClN3O3S. The zero-order valence-corrected chi connectivity index (χ0v) is 14.3. The summed E-state index contributed by atoms with van der Waals surface area (Å²) < 4.78 is 0. The van der Waals surface area contributed by atoms with E-state index in [0.717, 1.165) is 17.3 Å². The van der Waals surface area contributed by atoms with E-state index in [2.05, 4.69) is 15.8 Å². The summed E-state index contributed by atoms with van der Waals surface area (Å²) in [5.41, 5.74) is 3.22. The van der Waals surface area contributed by atoms with Gasteiger partial charge in [0.05, 0.1) is 10.5 Å². The van der Waals surface area contributed by atoms with Gasteiger partial charge in [-0.05, 0) is 47.7 Å². The number of amidine groups is 1. The number of aromatic hydroxyl groups is 1. The van der Waals surface area contributed by atoms with E-state index in [1.54, 1.807) is 42.5 Å². The molecule has 3 rings (SSSR count). The van der Waals surface area contributed by atoms with Crippen LogP contribution in [0.25, 0.3) is 6.08 Å². The van der Waals surface area contributed by atoms with E-state index in [1.165, 1.54) is 12.1 Å². The molecule has 0 aromatic heterocycles. The number of para-hydroxylation sites is 1. The maximum Gasteiger partial charge on any atom is 0.275 e. The van der Waals surface area contributed by atoms with E-state index in [0.29, 0.717) is 9.93 Å². The summed E-state index contributed by atoms with van der Waals surface area (Å²) in [6.45, 7) is 0. The highest BCUT2D eigenvalue weighted by atomic mass is 35.5. The molecule has 8 heteroatoms. The highest BCUT2D eigenvalue weighted by Gasteiger charge is 2.24. The Balaban J connectivity index is 1.70. The van der Waals surface area contributed by atoms with Gasteiger partial charge in [-0.3, -0.25) is 14.9 Å². The average Bonchev–Trinajstić information content (AvgIpc) is 2.95. The summed E-state index contributed by atoms with van der Waals surface area (Å²) in [5.74, 6) is -1.03. The second-order valence-electron chi connectivity index (χ2n) is 4.99. The number of benzene rings is 2. The lowest BCUT2D eigenvalue weighted by atomic mass is 10.2. The number of amides is 2. The minimum absolute atomic E-state index is 0.0955. The molecule has 0 aliphatic carbocycles. The Morgan fingerprint density at radius 1 is 1.20 bits per heavy atom. The molecule has 25 heavy (non-hydrogen) atoms. The molecule has 0 saturated carbocycles. The van der Waals surface area contributed by atoms with Crippen molar-refractivity contribution in [1.82, 2.24) is 10.7 Å². The van der Waals surface area contributed by atoms with Crippen LogP contribution in [0.3, 0.4) is 0 Å². The molecule has 2 aromatic carbocycles. The molecule has 1 fully saturated rings. The Labute approximate surface area is 152 Å². The van der Waals surface area contributed by atoms with Crippen LogP contribution in [0.15, 0.2) is 58.5 Å². The van der Waals surface area contributed by atoms with Crippen molar-refractivity contribution in [2.24, 2.45) is 5.10 Å². The van der Waals surface area contributed by atoms with Gasteiger partial charge in [0.1, 0.15) is 5.75 Å². The van der Waals surface area contributed by atoms with Crippen LogP contribution in [0.5, 0.6) is 5.75 Å². The molecule has 126 valence electrons. The van der Waals surface area contributed by atoms with Gasteiger partial charge in [0, 0.05) is 5.02 Å². The molecule has 0 unspecified atom stereocenters. The first-order valence-electron chi connectivity index (χ1n) is 7.15. The molecule has 2 amide bonds. The largest absolute Gasteiger partial charge is 0.507 e. The maximum atomic E-state index is 12.0. The Kier molecular flexibility index (Phi) is 5.06. The number of nitrogens with zero attached hydrogens (tertiary/aromatic N) is 1. The van der Waals surface area contributed by atoms with Gasteiger partial charge in [-0.2, -0.15) is 0 Å². The van der Waals surface area contributed by atoms with Gasteiger partial charge in [-0.1, -0.05) is 35.9 Å². The number of carbonyl (C=O) groups is 2. The lowest BCUT2D eigenvalue weighted by molar-refractivity contribution is -0.115. The molecule has 0 bridgehead atoms. The molecule has 1 saturated heterocycles. The molecule has 2 aromatic rings. The van der Waals surface area contributed by atoms with Crippen molar-refractivity contribution in [2.75, 3.05) is 0 Å². The molecule has 0 atom stereocenters. The third-order valence-electron chi connectivity index (χ3n) is 3.23. The van der Waals surface area contributed by atoms with Crippen molar-refractivity contribution in [3.8, 4) is 5.75 Å². The van der Waals surface area contributed by atoms with Crippen LogP contribution in [0.1, 0.15) is 15.9 Å². The van der Waals surface area contributed by atoms with Crippen LogP contribution in [-0.2, 0) is 4.79 Å². The number of hydrogen-bond acceptors (Lipinski definition) is 5. The predicted octanol–water partition coefficient (Wildman–Crippen LogP) is 2.95. The molecular weight excluding hydrogens is 362 g/mol. The molecule has 3 N–H and O–H groups in total. The van der Waals surface area contributed by atoms with Crippen molar-refractivity contribution in [2.45, 2.75) is 0 Å². The third kappa shape index (κ3) is 4.20. The van der Waals surface area contributed by atoms with Gasteiger partial charge in [-0.15, -0.1) is 5.10 Å². The van der Waals surface area contributed by atoms with Gasteiger partial charge >= 0.3 is 0 Å². The fraction of sp³-hybridized carbons (Fsp3) is 0. The summed E-state index contributed by atoms with van der Waals surface area (Å²) in [6.07, 6.45) is 1.70. The minimum Gasteiger partial charge on any atom is -0.507 e. The number of nitrogens with one attached hydrogen (secondary N) is 2. The predicted molar refractivity (Wildman–Crippen MR) is 98.2 cm³/mol. The van der Waals surface area contributed by atoms with Crippen LogP contribution < -0.4 is 10.7 Å². The number of carbonyl (C=O) groups excluding carboxylic acids is 2. The number of hydrazone groups is 1. The first-order chi connectivity index (χ1) is 12.0. The molecule has 1 aliphatic rings. The smallest absolute Gasteiger partial charge is 0.275 e. The lowest BCUT2D eigenvalue weighted by Crippen LogP contribution is -2.25. The number of halogens is 1. The van der Waals surface area contributed by atoms with E-state index in [1.807, 2.05) is 0 Å². The molecule has 0 radical (unpaired) electrons. The SMILES string of the molecule is O=C1N/C(=N/NC(=O)c2ccccc2O)S/C1=C\c1ccc(Cl)cc1. The number of thioether (sulfide) groups is 1. The number of phenolic OH excluding ortho intramolecular Hbond substituents is 1. The van der Waals surface area contributed by atoms with Crippen LogP contribution in [0.2, 0.25) is 5.02 Å². The van der Waals surface area contributed by atoms with E-state index in [4.69, 9.17) is 11.6 Å². The monoisotopic (exact) mass is 373 g/mol. The number of phenols is 1. The van der Waals surface area contributed by atoms with Crippen LogP contribution in [-0.4, -0.2) is 22.1 Å². The summed E-state index contributed by atoms with van der Waals surface area (Å²) in [4.78, 5) is 24.4. The molecule has 6 nitrogen and oxygen atoms in total. The number of hydrogen-bond donors (Lipinski definition) is 3. The topological polar surface area (TPSA) is 90.8 Å². The van der Waals surface area contributed by atoms with E-state index >= 15 is 0 Å². The summed E-state index contributed by atoms with van der Waals surface area (Å²) in [6, 6.07) is 13.1. The van der Waals surface area contributed by atoms with Crippen molar-refractivity contribution < 1.29 is 14.7 Å². The first-order valence-corrected chi connectivity index (χ1v) is 8.35. The third-order valence-corrected chi connectivity index (χ3v) is 4.39. The maximum absolute atomic E-state index is 12.0. The highest BCUT2D eigenvalue weighted by molar-refractivity contribution is 8.18. The van der Waals surface area contributed by atoms with E-state index in [-0.39, 0.29) is 22.4 Å². The van der Waals surface area contributed by atoms with Crippen LogP contribution >= 0.6 is 23.4 Å². The van der Waals surface area contributed by atoms with E-state index < -0.39 is 5.91 Å². The van der Waals surface area contributed by atoms with Crippen molar-refractivity contribution in [3.05, 3.63) is 69.6 Å². The standard InChI is InChI=1S/C17H12ClN3O3S/c18-11-7-5-10(6-8-11)9-14-16(24)19-17(25-14)21-20-15(23)12-3-1-2-4-13(12)22/h1-9,22H,(H,20,23)(H,19,21,24)/b14-9-. The van der Waals surface area contributed by atoms with Gasteiger partial charge in [0.15, 0.2) is 5.17 Å². The van der Waals surface area contributed by atoms with E-state index in [9.17, 15) is 14.7 Å². The molecule has 0 spiro atoms. The van der Waals surface area contributed by atoms with Crippen molar-refractivity contribution in [3.63, 3.8) is 0 Å². The second-order valence-corrected chi connectivity index (χ2v) is 6.46. The van der Waals surface area contributed by atoms with Gasteiger partial charge in [-0.25, -0.2) is 5.43 Å². The fourth-order valence-corrected chi connectivity index (χ4v) is 2.93. The quantitative estimate of drug-likeness (QED) is 0.570. The average molecular weight is 374 g/mol. The zero-order chi connectivity index (χ0) is 17.8. The minimum atomic E-state index is -0.574. The van der Waals surface area contributed by atoms with Crippen molar-refractivity contribution >= 4 is 46.4 Å². The Bertz CT molecular complexity index is 894. The first kappa shape index (κ1) is 17.1. The van der Waals surface area contributed by atoms with Crippen LogP contribution in [0, 0.1) is 0 Å². The normalized spacial score (nSPS) is 16.9. The number of rotatable bonds is 3. The summed E-state index contributed by atoms with van der Waals surface area (Å²) in [5, 5.41) is 16.9. The fourth-order valence-electron chi connectivity index (χ4n) is 2.02. The Hall–Kier alpha value is -2.77. The molecule has 1 heterocycles. The zero-order valence-electron chi connectivity index (χ0n) is 12.7. The molecule has 1 aliphatic heterocycles. The summed E-state index contributed by atoms with van der Waals surface area (Å²) >= 11 is 6.93. The second kappa shape index (κ2) is 7.42. The van der Waals surface area contributed by atoms with Gasteiger partial charge < -0.3 is 5.11 Å². The highest BCUT2D eigenvalue weighted by Crippen LogP contribution is 2.26. The van der Waals surface area contributed by atoms with Gasteiger partial charge in [0.25, 0.3) is 11.8 Å². The Morgan fingerprint density at radius 2 is 1.92 bits per heavy atom. The van der Waals surface area contributed by atoms with Crippen molar-refractivity contribution in [1.29, 1.82) is 0 Å². The summed E-state index contributed by atoms with van der Waals surface area (Å²) in [7, 11) is 0.